The van der Waals surface area contributed by atoms with E-state index in [1.165, 1.54) is 7.11 Å². The quantitative estimate of drug-likeness (QED) is 0.196. The monoisotopic (exact) mass is 546 g/mol. The van der Waals surface area contributed by atoms with Crippen molar-refractivity contribution in [1.29, 1.82) is 0 Å². The Morgan fingerprint density at radius 1 is 1.18 bits per heavy atom. The fourth-order valence-corrected chi connectivity index (χ4v) is 8.60. The molecule has 5 heterocycles. The van der Waals surface area contributed by atoms with Crippen molar-refractivity contribution in [2.24, 2.45) is 17.3 Å². The second-order valence-electron chi connectivity index (χ2n) is 11.4. The molecule has 12 nitrogen and oxygen atoms in total. The smallest absolute Gasteiger partial charge is 0.319 e. The molecule has 0 unspecified atom stereocenters. The topological polar surface area (TPSA) is 168 Å². The number of carbonyl (C=O) groups excluding carboxylic acids is 1. The largest absolute Gasteiger partial charge is 0.468 e. The summed E-state index contributed by atoms with van der Waals surface area (Å²) in [5.74, 6) is -1.43. The van der Waals surface area contributed by atoms with Crippen molar-refractivity contribution in [3.8, 4) is 0 Å². The van der Waals surface area contributed by atoms with Gasteiger partial charge in [-0.2, -0.15) is 0 Å². The lowest BCUT2D eigenvalue weighted by Crippen LogP contribution is -2.73. The first-order valence-electron chi connectivity index (χ1n) is 13.4. The third-order valence-corrected chi connectivity index (χ3v) is 10.1. The number of piperidine rings is 1. The van der Waals surface area contributed by atoms with E-state index < -0.39 is 84.3 Å². The first-order valence-corrected chi connectivity index (χ1v) is 13.4. The highest BCUT2D eigenvalue weighted by atomic mass is 16.8. The summed E-state index contributed by atoms with van der Waals surface area (Å²) in [6.45, 7) is 4.12. The van der Waals surface area contributed by atoms with Crippen LogP contribution < -0.4 is 10.6 Å². The van der Waals surface area contributed by atoms with Crippen molar-refractivity contribution in [2.45, 2.75) is 73.3 Å². The van der Waals surface area contributed by atoms with Crippen molar-refractivity contribution in [2.75, 3.05) is 25.6 Å². The van der Waals surface area contributed by atoms with Gasteiger partial charge in [0.05, 0.1) is 13.7 Å². The molecule has 0 bridgehead atoms. The maximum atomic E-state index is 14.0. The first-order chi connectivity index (χ1) is 18.8. The molecule has 212 valence electrons. The van der Waals surface area contributed by atoms with Crippen LogP contribution in [0.1, 0.15) is 18.4 Å². The van der Waals surface area contributed by atoms with Crippen LogP contribution in [0.5, 0.6) is 0 Å². The maximum Gasteiger partial charge on any atom is 0.319 e. The average Bonchev–Trinajstić information content (AvgIpc) is 3.51. The van der Waals surface area contributed by atoms with E-state index >= 15 is 0 Å². The number of nitrogens with one attached hydrogen (secondary N) is 2. The predicted molar refractivity (Wildman–Crippen MR) is 132 cm³/mol. The minimum atomic E-state index is -1.61. The van der Waals surface area contributed by atoms with Gasteiger partial charge in [0.1, 0.15) is 41.0 Å². The molecule has 4 saturated heterocycles. The number of methoxy groups -OCH3 is 1. The maximum absolute atomic E-state index is 14.0. The van der Waals surface area contributed by atoms with Crippen LogP contribution in [-0.4, -0.2) is 102 Å². The number of anilines is 1. The van der Waals surface area contributed by atoms with Gasteiger partial charge in [0.15, 0.2) is 18.9 Å². The highest BCUT2D eigenvalue weighted by molar-refractivity contribution is 5.86. The number of hydrogen-bond donors (Lipinski definition) is 6. The Morgan fingerprint density at radius 2 is 1.97 bits per heavy atom. The SMILES string of the molecule is C=C[C@H]1[C@@H](O[C@@H]2O[C@H](CO)[C@@H](O)[C@H](O)[C@H]2O)O[C@H]2O[C@@]34CCN[C@H]5C[C@@H]1[C@]2(C(=O)OC)[C@]53Nc1ccccc14. The van der Waals surface area contributed by atoms with Gasteiger partial charge in [-0.05, 0) is 31.4 Å². The van der Waals surface area contributed by atoms with E-state index in [9.17, 15) is 25.2 Å². The summed E-state index contributed by atoms with van der Waals surface area (Å²) in [6, 6.07) is 7.72. The molecule has 0 aromatic heterocycles. The summed E-state index contributed by atoms with van der Waals surface area (Å²) in [4.78, 5) is 14.0. The molecular formula is C27H34N2O10. The standard InChI is InChI=1S/C27H34N2O10/c1-3-12-14-10-17-27-25(8-9-28-17,13-6-4-5-7-15(13)29-27)39-24(26(14,27)23(34)35-2)38-21(12)37-22-20(33)19(32)18(31)16(11-30)36-22/h3-7,12,14,16-22,24,28-33H,1,8-11H2,2H3/t12-,14+,16-,17+,18-,19+,20-,21+,22+,24+,25-,26-,27+/m1/s1. The Balaban J connectivity index is 1.32. The van der Waals surface area contributed by atoms with Gasteiger partial charge < -0.3 is 54.7 Å². The number of rotatable bonds is 5. The molecule has 1 aliphatic carbocycles. The second-order valence-corrected chi connectivity index (χ2v) is 11.4. The average molecular weight is 547 g/mol. The van der Waals surface area contributed by atoms with Gasteiger partial charge in [-0.1, -0.05) is 24.3 Å². The number of carbonyl (C=O) groups is 1. The van der Waals surface area contributed by atoms with Crippen molar-refractivity contribution < 1.29 is 48.9 Å². The Hall–Kier alpha value is -2.13. The molecule has 1 saturated carbocycles. The molecular weight excluding hydrogens is 512 g/mol. The molecule has 12 heteroatoms. The number of ether oxygens (including phenoxy) is 5. The zero-order valence-electron chi connectivity index (χ0n) is 21.4. The lowest BCUT2D eigenvalue weighted by atomic mass is 9.57. The normalized spacial score (nSPS) is 50.9. The van der Waals surface area contributed by atoms with Crippen molar-refractivity contribution in [3.63, 3.8) is 0 Å². The van der Waals surface area contributed by atoms with E-state index in [0.29, 0.717) is 19.4 Å². The van der Waals surface area contributed by atoms with Crippen molar-refractivity contribution in [3.05, 3.63) is 42.5 Å². The van der Waals surface area contributed by atoms with Gasteiger partial charge in [-0.15, -0.1) is 6.58 Å². The lowest BCUT2D eigenvalue weighted by molar-refractivity contribution is -0.384. The summed E-state index contributed by atoms with van der Waals surface area (Å²) in [5.41, 5.74) is -1.19. The van der Waals surface area contributed by atoms with Crippen LogP contribution in [0.3, 0.4) is 0 Å². The molecule has 1 spiro atoms. The van der Waals surface area contributed by atoms with Crippen LogP contribution in [0.2, 0.25) is 0 Å². The van der Waals surface area contributed by atoms with Gasteiger partial charge in [0, 0.05) is 23.2 Å². The van der Waals surface area contributed by atoms with Crippen LogP contribution in [0.25, 0.3) is 0 Å². The molecule has 5 fully saturated rings. The molecule has 0 radical (unpaired) electrons. The van der Waals surface area contributed by atoms with Crippen LogP contribution in [0.4, 0.5) is 5.69 Å². The molecule has 0 amide bonds. The Bertz CT molecular complexity index is 1180. The lowest BCUT2D eigenvalue weighted by Gasteiger charge is -2.52. The number of benzene rings is 1. The van der Waals surface area contributed by atoms with Gasteiger partial charge in [0.2, 0.25) is 0 Å². The van der Waals surface area contributed by atoms with E-state index in [2.05, 4.69) is 17.2 Å². The molecule has 7 rings (SSSR count). The fourth-order valence-electron chi connectivity index (χ4n) is 8.60. The summed E-state index contributed by atoms with van der Waals surface area (Å²) >= 11 is 0. The summed E-state index contributed by atoms with van der Waals surface area (Å²) in [5, 5.41) is 48.1. The van der Waals surface area contributed by atoms with E-state index in [0.717, 1.165) is 11.3 Å². The zero-order chi connectivity index (χ0) is 27.3. The molecule has 6 aliphatic rings. The molecule has 5 aliphatic heterocycles. The first kappa shape index (κ1) is 25.8. The van der Waals surface area contributed by atoms with Crippen molar-refractivity contribution >= 4 is 11.7 Å². The number of para-hydroxylation sites is 1. The minimum Gasteiger partial charge on any atom is -0.468 e. The Morgan fingerprint density at radius 3 is 2.72 bits per heavy atom. The van der Waals surface area contributed by atoms with Crippen LogP contribution in [0, 0.1) is 17.3 Å². The van der Waals surface area contributed by atoms with Crippen LogP contribution >= 0.6 is 0 Å². The van der Waals surface area contributed by atoms with E-state index in [1.807, 2.05) is 24.3 Å². The third-order valence-electron chi connectivity index (χ3n) is 10.1. The predicted octanol–water partition coefficient (Wildman–Crippen LogP) is -1.08. The van der Waals surface area contributed by atoms with Crippen LogP contribution in [0.15, 0.2) is 36.9 Å². The van der Waals surface area contributed by atoms with Crippen LogP contribution in [-0.2, 0) is 34.1 Å². The molecule has 39 heavy (non-hydrogen) atoms. The third kappa shape index (κ3) is 2.86. The Kier molecular flexibility index (Phi) is 5.75. The summed E-state index contributed by atoms with van der Waals surface area (Å²) in [6.07, 6.45) is -6.67. The Labute approximate surface area is 224 Å². The highest BCUT2D eigenvalue weighted by Gasteiger charge is 2.89. The van der Waals surface area contributed by atoms with Gasteiger partial charge in [-0.3, -0.25) is 4.79 Å². The van der Waals surface area contributed by atoms with E-state index in [4.69, 9.17) is 23.7 Å². The summed E-state index contributed by atoms with van der Waals surface area (Å²) in [7, 11) is 1.36. The van der Waals surface area contributed by atoms with Gasteiger partial charge in [-0.25, -0.2) is 0 Å². The summed E-state index contributed by atoms with van der Waals surface area (Å²) < 4.78 is 30.5. The van der Waals surface area contributed by atoms with Crippen molar-refractivity contribution in [1.82, 2.24) is 5.32 Å². The van der Waals surface area contributed by atoms with Gasteiger partial charge >= 0.3 is 5.97 Å². The number of aliphatic hydroxyl groups excluding tert-OH is 4. The number of esters is 1. The minimum absolute atomic E-state index is 0.176. The fraction of sp³-hybridized carbons (Fsp3) is 0.667. The molecule has 1 aromatic rings. The number of fused-ring (bicyclic) bond motifs is 1. The van der Waals surface area contributed by atoms with Gasteiger partial charge in [0.25, 0.3) is 0 Å². The van der Waals surface area contributed by atoms with E-state index in [1.54, 1.807) is 6.08 Å². The number of hydrogen-bond acceptors (Lipinski definition) is 12. The second kappa shape index (κ2) is 8.68. The molecule has 6 N–H and O–H groups in total. The number of aliphatic hydroxyl groups is 4. The highest BCUT2D eigenvalue weighted by Crippen LogP contribution is 2.75. The van der Waals surface area contributed by atoms with E-state index in [-0.39, 0.29) is 6.04 Å². The molecule has 13 atom stereocenters. The zero-order valence-corrected chi connectivity index (χ0v) is 21.4. The molecule has 1 aromatic carbocycles.